The van der Waals surface area contributed by atoms with Crippen molar-refractivity contribution in [2.45, 2.75) is 6.92 Å². The van der Waals surface area contributed by atoms with E-state index in [0.717, 1.165) is 22.5 Å². The van der Waals surface area contributed by atoms with Gasteiger partial charge in [0.05, 0.1) is 17.7 Å². The molecule has 5 heterocycles. The zero-order valence-electron chi connectivity index (χ0n) is 16.3. The van der Waals surface area contributed by atoms with E-state index in [1.807, 2.05) is 42.0 Å². The summed E-state index contributed by atoms with van der Waals surface area (Å²) in [5.74, 6) is 0.111. The Hall–Kier alpha value is -4.40. The quantitative estimate of drug-likeness (QED) is 0.455. The predicted octanol–water partition coefficient (Wildman–Crippen LogP) is 4.20. The molecule has 2 N–H and O–H groups in total. The molecule has 0 saturated heterocycles. The van der Waals surface area contributed by atoms with Crippen molar-refractivity contribution in [2.75, 3.05) is 0 Å². The van der Waals surface area contributed by atoms with E-state index in [2.05, 4.69) is 35.1 Å². The molecule has 0 aliphatic carbocycles. The molecule has 6 aromatic rings. The number of nitrogens with one attached hydrogen (secondary N) is 2. The highest BCUT2D eigenvalue weighted by Crippen LogP contribution is 2.32. The molecule has 31 heavy (non-hydrogen) atoms. The minimum Gasteiger partial charge on any atom is -0.334 e. The SMILES string of the molecule is Cc1cn(-c2ccnc3nc(-c4[nH]nc5c(F)cc(-c6cccnc6)cc45)[nH]c23)cn1. The van der Waals surface area contributed by atoms with Gasteiger partial charge in [0.1, 0.15) is 16.7 Å². The summed E-state index contributed by atoms with van der Waals surface area (Å²) in [6, 6.07) is 8.94. The molecule has 8 nitrogen and oxygen atoms in total. The zero-order chi connectivity index (χ0) is 20.9. The molecule has 0 bridgehead atoms. The fraction of sp³-hybridized carbons (Fsp3) is 0.0455. The number of halogens is 1. The van der Waals surface area contributed by atoms with Crippen LogP contribution in [0.5, 0.6) is 0 Å². The fourth-order valence-corrected chi connectivity index (χ4v) is 3.74. The maximum absolute atomic E-state index is 14.8. The van der Waals surface area contributed by atoms with Crippen LogP contribution in [0.2, 0.25) is 0 Å². The number of aryl methyl sites for hydroxylation is 1. The number of fused-ring (bicyclic) bond motifs is 2. The van der Waals surface area contributed by atoms with E-state index in [0.29, 0.717) is 28.1 Å². The van der Waals surface area contributed by atoms with E-state index in [1.54, 1.807) is 24.9 Å². The number of aromatic nitrogens is 8. The highest BCUT2D eigenvalue weighted by atomic mass is 19.1. The van der Waals surface area contributed by atoms with Gasteiger partial charge in [-0.05, 0) is 36.8 Å². The Morgan fingerprint density at radius 3 is 2.81 bits per heavy atom. The molecule has 1 aromatic carbocycles. The van der Waals surface area contributed by atoms with Gasteiger partial charge in [0, 0.05) is 35.7 Å². The minimum atomic E-state index is -0.414. The molecular formula is C22H15FN8. The third-order valence-electron chi connectivity index (χ3n) is 5.20. The molecule has 6 rings (SSSR count). The Labute approximate surface area is 174 Å². The van der Waals surface area contributed by atoms with Crippen molar-refractivity contribution in [2.24, 2.45) is 0 Å². The minimum absolute atomic E-state index is 0.251. The van der Waals surface area contributed by atoms with Gasteiger partial charge >= 0.3 is 0 Å². The number of benzene rings is 1. The molecule has 0 spiro atoms. The molecule has 0 saturated carbocycles. The lowest BCUT2D eigenvalue weighted by Crippen LogP contribution is -1.92. The van der Waals surface area contributed by atoms with Gasteiger partial charge in [0.25, 0.3) is 0 Å². The summed E-state index contributed by atoms with van der Waals surface area (Å²) in [6.45, 7) is 1.93. The Balaban J connectivity index is 1.55. The summed E-state index contributed by atoms with van der Waals surface area (Å²) in [6.07, 6.45) is 8.75. The van der Waals surface area contributed by atoms with Gasteiger partial charge in [0.15, 0.2) is 17.3 Å². The van der Waals surface area contributed by atoms with E-state index in [-0.39, 0.29) is 5.52 Å². The number of hydrogen-bond acceptors (Lipinski definition) is 5. The van der Waals surface area contributed by atoms with E-state index < -0.39 is 5.82 Å². The van der Waals surface area contributed by atoms with Crippen molar-refractivity contribution in [3.8, 4) is 28.3 Å². The molecule has 0 aliphatic heterocycles. The summed E-state index contributed by atoms with van der Waals surface area (Å²) >= 11 is 0. The Morgan fingerprint density at radius 2 is 2.00 bits per heavy atom. The number of H-pyrrole nitrogens is 2. The maximum atomic E-state index is 14.8. The van der Waals surface area contributed by atoms with Crippen molar-refractivity contribution in [3.63, 3.8) is 0 Å². The Kier molecular flexibility index (Phi) is 3.69. The summed E-state index contributed by atoms with van der Waals surface area (Å²) in [5.41, 5.74) is 5.45. The number of rotatable bonds is 3. The van der Waals surface area contributed by atoms with Gasteiger partial charge in [-0.25, -0.2) is 19.3 Å². The number of nitrogens with zero attached hydrogens (tertiary/aromatic N) is 6. The summed E-state index contributed by atoms with van der Waals surface area (Å²) in [5, 5.41) is 7.72. The molecule has 0 unspecified atom stereocenters. The van der Waals surface area contributed by atoms with Crippen LogP contribution in [0.25, 0.3) is 50.4 Å². The van der Waals surface area contributed by atoms with Gasteiger partial charge < -0.3 is 9.55 Å². The topological polar surface area (TPSA) is 101 Å². The first kappa shape index (κ1) is 17.5. The molecule has 0 amide bonds. The normalized spacial score (nSPS) is 11.5. The van der Waals surface area contributed by atoms with E-state index in [4.69, 9.17) is 0 Å². The van der Waals surface area contributed by atoms with Gasteiger partial charge in [-0.3, -0.25) is 10.1 Å². The molecule has 0 fully saturated rings. The van der Waals surface area contributed by atoms with Crippen LogP contribution in [0.3, 0.4) is 0 Å². The summed E-state index contributed by atoms with van der Waals surface area (Å²) in [7, 11) is 0. The lowest BCUT2D eigenvalue weighted by atomic mass is 10.0. The van der Waals surface area contributed by atoms with Crippen molar-refractivity contribution in [3.05, 3.63) is 73.0 Å². The van der Waals surface area contributed by atoms with Crippen LogP contribution in [0.15, 0.2) is 61.4 Å². The molecular weight excluding hydrogens is 395 g/mol. The monoisotopic (exact) mass is 410 g/mol. The standard InChI is InChI=1S/C22H15FN8/c1-12-10-31(11-26-12)17-4-6-25-21-20(17)27-22(28-21)19-15-7-14(13-3-2-5-24-9-13)8-16(23)18(15)29-30-19/h2-11H,1H3,(H,29,30)(H,25,27,28). The lowest BCUT2D eigenvalue weighted by Gasteiger charge is -2.03. The number of aromatic amines is 2. The molecule has 0 atom stereocenters. The van der Waals surface area contributed by atoms with Crippen molar-refractivity contribution in [1.82, 2.24) is 39.7 Å². The van der Waals surface area contributed by atoms with Gasteiger partial charge in [0.2, 0.25) is 0 Å². The second kappa shape index (κ2) is 6.56. The van der Waals surface area contributed by atoms with Crippen LogP contribution in [0.1, 0.15) is 5.69 Å². The van der Waals surface area contributed by atoms with Gasteiger partial charge in [-0.2, -0.15) is 5.10 Å². The maximum Gasteiger partial charge on any atom is 0.180 e. The highest BCUT2D eigenvalue weighted by Gasteiger charge is 2.18. The van der Waals surface area contributed by atoms with E-state index in [1.165, 1.54) is 6.07 Å². The lowest BCUT2D eigenvalue weighted by molar-refractivity contribution is 0.636. The van der Waals surface area contributed by atoms with Gasteiger partial charge in [-0.15, -0.1) is 0 Å². The average Bonchev–Trinajstić information content (AvgIpc) is 3.51. The molecule has 150 valence electrons. The number of hydrogen-bond donors (Lipinski definition) is 2. The van der Waals surface area contributed by atoms with Crippen LogP contribution < -0.4 is 0 Å². The number of pyridine rings is 2. The first-order chi connectivity index (χ1) is 15.2. The fourth-order valence-electron chi connectivity index (χ4n) is 3.74. The van der Waals surface area contributed by atoms with E-state index in [9.17, 15) is 4.39 Å². The van der Waals surface area contributed by atoms with Crippen molar-refractivity contribution >= 4 is 22.1 Å². The molecule has 9 heteroatoms. The molecule has 0 aliphatic rings. The third-order valence-corrected chi connectivity index (χ3v) is 5.20. The van der Waals surface area contributed by atoms with E-state index >= 15 is 0 Å². The van der Waals surface area contributed by atoms with Crippen molar-refractivity contribution in [1.29, 1.82) is 0 Å². The van der Waals surface area contributed by atoms with Crippen molar-refractivity contribution < 1.29 is 4.39 Å². The van der Waals surface area contributed by atoms with Gasteiger partial charge in [-0.1, -0.05) is 6.07 Å². The second-order valence-electron chi connectivity index (χ2n) is 7.23. The Morgan fingerprint density at radius 1 is 1.06 bits per heavy atom. The van der Waals surface area contributed by atoms with Crippen LogP contribution >= 0.6 is 0 Å². The zero-order valence-corrected chi connectivity index (χ0v) is 16.3. The number of imidazole rings is 2. The highest BCUT2D eigenvalue weighted by molar-refractivity contribution is 5.96. The van der Waals surface area contributed by atoms with Crippen LogP contribution in [0.4, 0.5) is 4.39 Å². The Bertz CT molecular complexity index is 1560. The first-order valence-corrected chi connectivity index (χ1v) is 9.61. The molecule has 0 radical (unpaired) electrons. The van der Waals surface area contributed by atoms with Crippen LogP contribution in [-0.2, 0) is 0 Å². The molecule has 5 aromatic heterocycles. The summed E-state index contributed by atoms with van der Waals surface area (Å²) < 4.78 is 16.7. The second-order valence-corrected chi connectivity index (χ2v) is 7.23. The van der Waals surface area contributed by atoms with Crippen LogP contribution in [0, 0.1) is 12.7 Å². The smallest absolute Gasteiger partial charge is 0.180 e. The average molecular weight is 410 g/mol. The largest absolute Gasteiger partial charge is 0.334 e. The predicted molar refractivity (Wildman–Crippen MR) is 114 cm³/mol. The third kappa shape index (κ3) is 2.78. The first-order valence-electron chi connectivity index (χ1n) is 9.61. The summed E-state index contributed by atoms with van der Waals surface area (Å²) in [4.78, 5) is 20.7. The van der Waals surface area contributed by atoms with Crippen LogP contribution in [-0.4, -0.2) is 39.7 Å².